The molecule has 1 fully saturated rings. The predicted octanol–water partition coefficient (Wildman–Crippen LogP) is 1.73. The Morgan fingerprint density at radius 1 is 1.46 bits per heavy atom. The van der Waals surface area contributed by atoms with E-state index in [0.29, 0.717) is 6.42 Å². The molecule has 1 atom stereocenters. The topological polar surface area (TPSA) is 40.5 Å². The van der Waals surface area contributed by atoms with Gasteiger partial charge in [0.25, 0.3) is 0 Å². The van der Waals surface area contributed by atoms with Crippen LogP contribution in [-0.2, 0) is 4.79 Å². The second-order valence-electron chi connectivity index (χ2n) is 3.88. The SMILES string of the molecule is CC1CCN1CCCCCC(=O)O. The molecule has 3 heteroatoms. The summed E-state index contributed by atoms with van der Waals surface area (Å²) >= 11 is 0. The molecule has 0 aliphatic carbocycles. The minimum Gasteiger partial charge on any atom is -0.481 e. The van der Waals surface area contributed by atoms with Gasteiger partial charge >= 0.3 is 5.97 Å². The molecule has 1 heterocycles. The lowest BCUT2D eigenvalue weighted by Crippen LogP contribution is -2.45. The number of unbranched alkanes of at least 4 members (excludes halogenated alkanes) is 2. The molecule has 0 aromatic rings. The molecule has 0 saturated carbocycles. The second-order valence-corrected chi connectivity index (χ2v) is 3.88. The summed E-state index contributed by atoms with van der Waals surface area (Å²) in [4.78, 5) is 12.7. The molecule has 1 aliphatic rings. The van der Waals surface area contributed by atoms with Crippen molar-refractivity contribution in [1.82, 2.24) is 4.90 Å². The van der Waals surface area contributed by atoms with E-state index in [9.17, 15) is 4.79 Å². The number of carboxylic acid groups (broad SMARTS) is 1. The maximum absolute atomic E-state index is 10.2. The zero-order valence-electron chi connectivity index (χ0n) is 8.33. The molecule has 1 N–H and O–H groups in total. The fraction of sp³-hybridized carbons (Fsp3) is 0.900. The third kappa shape index (κ3) is 3.77. The maximum Gasteiger partial charge on any atom is 0.303 e. The van der Waals surface area contributed by atoms with Gasteiger partial charge < -0.3 is 10.0 Å². The first kappa shape index (κ1) is 10.5. The minimum absolute atomic E-state index is 0.329. The fourth-order valence-electron chi connectivity index (χ4n) is 1.67. The molecule has 1 aliphatic heterocycles. The second kappa shape index (κ2) is 5.22. The lowest BCUT2D eigenvalue weighted by molar-refractivity contribution is -0.137. The molecule has 3 nitrogen and oxygen atoms in total. The number of nitrogens with zero attached hydrogens (tertiary/aromatic N) is 1. The van der Waals surface area contributed by atoms with Gasteiger partial charge in [0.2, 0.25) is 0 Å². The van der Waals surface area contributed by atoms with Crippen LogP contribution >= 0.6 is 0 Å². The Labute approximate surface area is 79.7 Å². The van der Waals surface area contributed by atoms with E-state index in [0.717, 1.165) is 31.8 Å². The van der Waals surface area contributed by atoms with Gasteiger partial charge in [-0.05, 0) is 39.3 Å². The fourth-order valence-corrected chi connectivity index (χ4v) is 1.67. The molecular formula is C10H19NO2. The quantitative estimate of drug-likeness (QED) is 0.641. The summed E-state index contributed by atoms with van der Waals surface area (Å²) in [6, 6.07) is 0.763. The average Bonchev–Trinajstić information content (AvgIpc) is 2.08. The molecule has 0 aromatic carbocycles. The number of aliphatic carboxylic acids is 1. The van der Waals surface area contributed by atoms with Crippen LogP contribution in [0.1, 0.15) is 39.0 Å². The first-order chi connectivity index (χ1) is 6.20. The predicted molar refractivity (Wildman–Crippen MR) is 51.8 cm³/mol. The Balaban J connectivity index is 1.86. The lowest BCUT2D eigenvalue weighted by Gasteiger charge is -2.38. The van der Waals surface area contributed by atoms with Gasteiger partial charge in [-0.2, -0.15) is 0 Å². The van der Waals surface area contributed by atoms with Crippen molar-refractivity contribution >= 4 is 5.97 Å². The molecule has 0 bridgehead atoms. The van der Waals surface area contributed by atoms with Gasteiger partial charge in [0.1, 0.15) is 0 Å². The zero-order valence-corrected chi connectivity index (χ0v) is 8.33. The normalized spacial score (nSPS) is 22.7. The van der Waals surface area contributed by atoms with Crippen LogP contribution in [0, 0.1) is 0 Å². The molecular weight excluding hydrogens is 166 g/mol. The Morgan fingerprint density at radius 3 is 2.69 bits per heavy atom. The zero-order chi connectivity index (χ0) is 9.68. The molecule has 0 spiro atoms. The molecule has 0 amide bonds. The van der Waals surface area contributed by atoms with Crippen LogP contribution in [0.2, 0.25) is 0 Å². The van der Waals surface area contributed by atoms with Crippen LogP contribution in [0.25, 0.3) is 0 Å². The van der Waals surface area contributed by atoms with Crippen LogP contribution in [0.4, 0.5) is 0 Å². The Hall–Kier alpha value is -0.570. The van der Waals surface area contributed by atoms with Crippen molar-refractivity contribution in [1.29, 1.82) is 0 Å². The Bertz CT molecular complexity index is 170. The van der Waals surface area contributed by atoms with E-state index in [4.69, 9.17) is 5.11 Å². The van der Waals surface area contributed by atoms with Gasteiger partial charge in [-0.3, -0.25) is 4.79 Å². The third-order valence-corrected chi connectivity index (χ3v) is 2.79. The molecule has 13 heavy (non-hydrogen) atoms. The van der Waals surface area contributed by atoms with Crippen LogP contribution in [0.15, 0.2) is 0 Å². The van der Waals surface area contributed by atoms with E-state index in [2.05, 4.69) is 11.8 Å². The van der Waals surface area contributed by atoms with Crippen LogP contribution in [0.5, 0.6) is 0 Å². The molecule has 0 aromatic heterocycles. The standard InChI is InChI=1S/C10H19NO2/c1-9-6-8-11(9)7-4-2-3-5-10(12)13/h9H,2-8H2,1H3,(H,12,13). The van der Waals surface area contributed by atoms with Gasteiger partial charge in [0.05, 0.1) is 0 Å². The van der Waals surface area contributed by atoms with E-state index in [-0.39, 0.29) is 0 Å². The number of rotatable bonds is 6. The smallest absolute Gasteiger partial charge is 0.303 e. The van der Waals surface area contributed by atoms with Crippen LogP contribution < -0.4 is 0 Å². The summed E-state index contributed by atoms with van der Waals surface area (Å²) in [6.45, 7) is 4.64. The van der Waals surface area contributed by atoms with Gasteiger partial charge in [0, 0.05) is 12.5 Å². The van der Waals surface area contributed by atoms with Crippen molar-refractivity contribution in [2.24, 2.45) is 0 Å². The number of likely N-dealkylation sites (tertiary alicyclic amines) is 1. The highest BCUT2D eigenvalue weighted by atomic mass is 16.4. The summed E-state index contributed by atoms with van der Waals surface area (Å²) in [5.74, 6) is -0.669. The van der Waals surface area contributed by atoms with Crippen LogP contribution in [-0.4, -0.2) is 35.1 Å². The highest BCUT2D eigenvalue weighted by Gasteiger charge is 2.21. The number of carbonyl (C=O) groups is 1. The minimum atomic E-state index is -0.669. The lowest BCUT2D eigenvalue weighted by atomic mass is 10.0. The van der Waals surface area contributed by atoms with E-state index >= 15 is 0 Å². The van der Waals surface area contributed by atoms with E-state index < -0.39 is 5.97 Å². The van der Waals surface area contributed by atoms with Gasteiger partial charge in [-0.25, -0.2) is 0 Å². The maximum atomic E-state index is 10.2. The number of hydrogen-bond donors (Lipinski definition) is 1. The van der Waals surface area contributed by atoms with Crippen molar-refractivity contribution in [2.75, 3.05) is 13.1 Å². The van der Waals surface area contributed by atoms with E-state index in [1.165, 1.54) is 13.0 Å². The highest BCUT2D eigenvalue weighted by Crippen LogP contribution is 2.16. The van der Waals surface area contributed by atoms with Crippen molar-refractivity contribution in [2.45, 2.75) is 45.1 Å². The first-order valence-electron chi connectivity index (χ1n) is 5.16. The monoisotopic (exact) mass is 185 g/mol. The van der Waals surface area contributed by atoms with E-state index in [1.807, 2.05) is 0 Å². The van der Waals surface area contributed by atoms with Crippen molar-refractivity contribution in [3.05, 3.63) is 0 Å². The van der Waals surface area contributed by atoms with Crippen molar-refractivity contribution in [3.63, 3.8) is 0 Å². The van der Waals surface area contributed by atoms with Crippen molar-refractivity contribution in [3.8, 4) is 0 Å². The van der Waals surface area contributed by atoms with Crippen molar-refractivity contribution < 1.29 is 9.90 Å². The summed E-state index contributed by atoms with van der Waals surface area (Å²) < 4.78 is 0. The third-order valence-electron chi connectivity index (χ3n) is 2.79. The molecule has 0 radical (unpaired) electrons. The largest absolute Gasteiger partial charge is 0.481 e. The molecule has 1 saturated heterocycles. The van der Waals surface area contributed by atoms with Gasteiger partial charge in [-0.1, -0.05) is 6.42 Å². The average molecular weight is 185 g/mol. The Morgan fingerprint density at radius 2 is 2.23 bits per heavy atom. The highest BCUT2D eigenvalue weighted by molar-refractivity contribution is 5.66. The van der Waals surface area contributed by atoms with Crippen LogP contribution in [0.3, 0.4) is 0 Å². The van der Waals surface area contributed by atoms with E-state index in [1.54, 1.807) is 0 Å². The summed E-state index contributed by atoms with van der Waals surface area (Å²) in [5, 5.41) is 8.41. The molecule has 76 valence electrons. The summed E-state index contributed by atoms with van der Waals surface area (Å²) in [5.41, 5.74) is 0. The summed E-state index contributed by atoms with van der Waals surface area (Å²) in [7, 11) is 0. The number of hydrogen-bond acceptors (Lipinski definition) is 2. The van der Waals surface area contributed by atoms with Gasteiger partial charge in [0.15, 0.2) is 0 Å². The molecule has 1 rings (SSSR count). The molecule has 1 unspecified atom stereocenters. The first-order valence-corrected chi connectivity index (χ1v) is 5.16. The van der Waals surface area contributed by atoms with Gasteiger partial charge in [-0.15, -0.1) is 0 Å². The number of carboxylic acids is 1. The summed E-state index contributed by atoms with van der Waals surface area (Å²) in [6.07, 6.45) is 4.69. The Kier molecular flexibility index (Phi) is 4.22.